The van der Waals surface area contributed by atoms with Gasteiger partial charge in [0.15, 0.2) is 11.5 Å². The third-order valence-corrected chi connectivity index (χ3v) is 4.32. The van der Waals surface area contributed by atoms with E-state index < -0.39 is 0 Å². The highest BCUT2D eigenvalue weighted by Gasteiger charge is 2.21. The molecule has 27 heavy (non-hydrogen) atoms. The summed E-state index contributed by atoms with van der Waals surface area (Å²) < 4.78 is 11.0. The van der Waals surface area contributed by atoms with Crippen LogP contribution >= 0.6 is 0 Å². The van der Waals surface area contributed by atoms with Crippen LogP contribution in [0.4, 0.5) is 5.69 Å². The number of benzene rings is 2. The second-order valence-electron chi connectivity index (χ2n) is 6.45. The number of rotatable bonds is 6. The zero-order valence-corrected chi connectivity index (χ0v) is 15.7. The molecular weight excluding hydrogens is 344 g/mol. The molecule has 1 N–H and O–H groups in total. The van der Waals surface area contributed by atoms with Crippen LogP contribution in [0.15, 0.2) is 42.5 Å². The third-order valence-electron chi connectivity index (χ3n) is 4.32. The maximum absolute atomic E-state index is 12.9. The number of para-hydroxylation sites is 1. The van der Waals surface area contributed by atoms with Gasteiger partial charge in [0.1, 0.15) is 19.8 Å². The Bertz CT molecular complexity index is 835. The van der Waals surface area contributed by atoms with E-state index in [2.05, 4.69) is 5.32 Å². The van der Waals surface area contributed by atoms with Gasteiger partial charge in [0.25, 0.3) is 5.91 Å². The Morgan fingerprint density at radius 2 is 1.81 bits per heavy atom. The summed E-state index contributed by atoms with van der Waals surface area (Å²) in [5.41, 5.74) is 2.22. The fraction of sp³-hybridized carbons (Fsp3) is 0.333. The number of anilines is 1. The minimum Gasteiger partial charge on any atom is -0.486 e. The molecule has 6 nitrogen and oxygen atoms in total. The van der Waals surface area contributed by atoms with Crippen molar-refractivity contribution in [3.63, 3.8) is 0 Å². The highest BCUT2D eigenvalue weighted by atomic mass is 16.6. The van der Waals surface area contributed by atoms with Gasteiger partial charge in [0.05, 0.1) is 0 Å². The van der Waals surface area contributed by atoms with Crippen molar-refractivity contribution in [1.82, 2.24) is 4.90 Å². The maximum Gasteiger partial charge on any atom is 0.254 e. The van der Waals surface area contributed by atoms with Gasteiger partial charge in [-0.25, -0.2) is 0 Å². The molecule has 0 spiro atoms. The second-order valence-corrected chi connectivity index (χ2v) is 6.45. The van der Waals surface area contributed by atoms with Gasteiger partial charge in [-0.3, -0.25) is 9.59 Å². The lowest BCUT2D eigenvalue weighted by atomic mass is 10.1. The average Bonchev–Trinajstić information content (AvgIpc) is 2.68. The number of ether oxygens (including phenoxy) is 2. The van der Waals surface area contributed by atoms with Crippen LogP contribution in [0, 0.1) is 6.92 Å². The summed E-state index contributed by atoms with van der Waals surface area (Å²) in [6.45, 7) is 5.36. The number of hydrogen-bond acceptors (Lipinski definition) is 4. The second kappa shape index (κ2) is 8.58. The molecule has 1 heterocycles. The van der Waals surface area contributed by atoms with Crippen molar-refractivity contribution in [2.24, 2.45) is 0 Å². The summed E-state index contributed by atoms with van der Waals surface area (Å²) >= 11 is 0. The van der Waals surface area contributed by atoms with Crippen LogP contribution < -0.4 is 14.8 Å². The summed E-state index contributed by atoms with van der Waals surface area (Å²) in [5.74, 6) is 0.780. The minimum absolute atomic E-state index is 0.00451. The molecule has 2 amide bonds. The lowest BCUT2D eigenvalue weighted by molar-refractivity contribution is -0.116. The molecule has 142 valence electrons. The summed E-state index contributed by atoms with van der Waals surface area (Å²) in [6.07, 6.45) is 0.758. The van der Waals surface area contributed by atoms with Gasteiger partial charge in [0, 0.05) is 17.8 Å². The van der Waals surface area contributed by atoms with Crippen LogP contribution in [0.25, 0.3) is 0 Å². The zero-order valence-electron chi connectivity index (χ0n) is 15.7. The molecule has 1 aliphatic rings. The predicted octanol–water partition coefficient (Wildman–Crippen LogP) is 3.26. The molecule has 0 saturated carbocycles. The Kier molecular flexibility index (Phi) is 5.96. The van der Waals surface area contributed by atoms with Gasteiger partial charge in [-0.05, 0) is 43.2 Å². The van der Waals surface area contributed by atoms with Crippen LogP contribution in [-0.4, -0.2) is 43.0 Å². The molecule has 2 aromatic carbocycles. The zero-order chi connectivity index (χ0) is 19.2. The SMILES string of the molecule is CCCN(CC(=O)Nc1ccccc1C)C(=O)c1ccc2c(c1)OCCO2. The molecule has 0 fully saturated rings. The fourth-order valence-corrected chi connectivity index (χ4v) is 2.96. The first kappa shape index (κ1) is 18.8. The van der Waals surface area contributed by atoms with E-state index in [0.717, 1.165) is 17.7 Å². The summed E-state index contributed by atoms with van der Waals surface area (Å²) in [6, 6.07) is 12.7. The average molecular weight is 368 g/mol. The quantitative estimate of drug-likeness (QED) is 0.850. The first-order valence-electron chi connectivity index (χ1n) is 9.13. The normalized spacial score (nSPS) is 12.4. The van der Waals surface area contributed by atoms with E-state index in [1.54, 1.807) is 23.1 Å². The molecular formula is C21H24N2O4. The van der Waals surface area contributed by atoms with Gasteiger partial charge in [-0.1, -0.05) is 25.1 Å². The molecule has 2 aromatic rings. The van der Waals surface area contributed by atoms with E-state index in [1.807, 2.05) is 38.1 Å². The first-order valence-corrected chi connectivity index (χ1v) is 9.13. The molecule has 0 saturated heterocycles. The van der Waals surface area contributed by atoms with Crippen molar-refractivity contribution in [3.8, 4) is 11.5 Å². The Hall–Kier alpha value is -3.02. The molecule has 0 aliphatic carbocycles. The van der Waals surface area contributed by atoms with Gasteiger partial charge in [0.2, 0.25) is 5.91 Å². The van der Waals surface area contributed by atoms with Gasteiger partial charge < -0.3 is 19.7 Å². The maximum atomic E-state index is 12.9. The summed E-state index contributed by atoms with van der Waals surface area (Å²) in [7, 11) is 0. The molecule has 0 aromatic heterocycles. The summed E-state index contributed by atoms with van der Waals surface area (Å²) in [4.78, 5) is 26.9. The number of carbonyl (C=O) groups is 2. The van der Waals surface area contributed by atoms with Crippen molar-refractivity contribution < 1.29 is 19.1 Å². The van der Waals surface area contributed by atoms with E-state index in [4.69, 9.17) is 9.47 Å². The Balaban J connectivity index is 1.71. The van der Waals surface area contributed by atoms with Crippen molar-refractivity contribution in [3.05, 3.63) is 53.6 Å². The number of hydrogen-bond donors (Lipinski definition) is 1. The number of aryl methyl sites for hydroxylation is 1. The number of nitrogens with zero attached hydrogens (tertiary/aromatic N) is 1. The van der Waals surface area contributed by atoms with Crippen molar-refractivity contribution in [1.29, 1.82) is 0 Å². The Morgan fingerprint density at radius 1 is 1.07 bits per heavy atom. The third kappa shape index (κ3) is 4.58. The predicted molar refractivity (Wildman–Crippen MR) is 103 cm³/mol. The fourth-order valence-electron chi connectivity index (χ4n) is 2.96. The number of fused-ring (bicyclic) bond motifs is 1. The lowest BCUT2D eigenvalue weighted by Crippen LogP contribution is -2.38. The highest BCUT2D eigenvalue weighted by Crippen LogP contribution is 2.31. The van der Waals surface area contributed by atoms with Gasteiger partial charge in [-0.15, -0.1) is 0 Å². The Labute approximate surface area is 159 Å². The van der Waals surface area contributed by atoms with Crippen LogP contribution in [0.3, 0.4) is 0 Å². The van der Waals surface area contributed by atoms with Crippen molar-refractivity contribution >= 4 is 17.5 Å². The summed E-state index contributed by atoms with van der Waals surface area (Å²) in [5, 5.41) is 2.88. The molecule has 0 bridgehead atoms. The van der Waals surface area contributed by atoms with Crippen molar-refractivity contribution in [2.45, 2.75) is 20.3 Å². The van der Waals surface area contributed by atoms with Crippen LogP contribution in [0.5, 0.6) is 11.5 Å². The largest absolute Gasteiger partial charge is 0.486 e. The van der Waals surface area contributed by atoms with Gasteiger partial charge in [-0.2, -0.15) is 0 Å². The van der Waals surface area contributed by atoms with E-state index in [0.29, 0.717) is 36.8 Å². The Morgan fingerprint density at radius 3 is 2.56 bits per heavy atom. The van der Waals surface area contributed by atoms with E-state index in [-0.39, 0.29) is 18.4 Å². The van der Waals surface area contributed by atoms with E-state index in [9.17, 15) is 9.59 Å². The standard InChI is InChI=1S/C21H24N2O4/c1-3-10-23(14-20(24)22-17-7-5-4-6-15(17)2)21(25)16-8-9-18-19(13-16)27-12-11-26-18/h4-9,13H,3,10-12,14H2,1-2H3,(H,22,24). The molecule has 3 rings (SSSR count). The van der Waals surface area contributed by atoms with Gasteiger partial charge >= 0.3 is 0 Å². The minimum atomic E-state index is -0.219. The number of amides is 2. The van der Waals surface area contributed by atoms with E-state index >= 15 is 0 Å². The topological polar surface area (TPSA) is 67.9 Å². The number of nitrogens with one attached hydrogen (secondary N) is 1. The van der Waals surface area contributed by atoms with Crippen LogP contribution in [0.2, 0.25) is 0 Å². The highest BCUT2D eigenvalue weighted by molar-refractivity contribution is 6.00. The molecule has 0 atom stereocenters. The number of carbonyl (C=O) groups excluding carboxylic acids is 2. The van der Waals surface area contributed by atoms with Crippen molar-refractivity contribution in [2.75, 3.05) is 31.6 Å². The molecule has 1 aliphatic heterocycles. The molecule has 0 unspecified atom stereocenters. The lowest BCUT2D eigenvalue weighted by Gasteiger charge is -2.23. The van der Waals surface area contributed by atoms with E-state index in [1.165, 1.54) is 0 Å². The molecule has 6 heteroatoms. The first-order chi connectivity index (χ1) is 13.1. The van der Waals surface area contributed by atoms with Crippen LogP contribution in [0.1, 0.15) is 29.3 Å². The molecule has 0 radical (unpaired) electrons. The van der Waals surface area contributed by atoms with Crippen LogP contribution in [-0.2, 0) is 4.79 Å². The monoisotopic (exact) mass is 368 g/mol. The smallest absolute Gasteiger partial charge is 0.254 e.